The van der Waals surface area contributed by atoms with Crippen LogP contribution in [-0.4, -0.2) is 22.6 Å². The monoisotopic (exact) mass is 297 g/mol. The molecule has 6 heteroatoms. The summed E-state index contributed by atoms with van der Waals surface area (Å²) in [5.74, 6) is -0.241. The maximum atomic E-state index is 11.8. The number of carbonyl (C=O) groups excluding carboxylic acids is 2. The fourth-order valence-corrected chi connectivity index (χ4v) is 1.69. The predicted octanol–water partition coefficient (Wildman–Crippen LogP) is 2.16. The van der Waals surface area contributed by atoms with Crippen molar-refractivity contribution < 1.29 is 14.3 Å². The molecule has 0 fully saturated rings. The average molecular weight is 297 g/mol. The first-order valence-electron chi connectivity index (χ1n) is 6.60. The van der Waals surface area contributed by atoms with Gasteiger partial charge in [-0.3, -0.25) is 14.6 Å². The fourth-order valence-electron chi connectivity index (χ4n) is 1.69. The van der Waals surface area contributed by atoms with E-state index in [1.807, 2.05) is 0 Å². The Hall–Kier alpha value is -3.02. The third-order valence-corrected chi connectivity index (χ3v) is 2.78. The van der Waals surface area contributed by atoms with E-state index in [2.05, 4.69) is 15.5 Å². The molecule has 0 bridgehead atoms. The van der Waals surface area contributed by atoms with Gasteiger partial charge in [0.25, 0.3) is 5.91 Å². The molecule has 2 aromatic rings. The highest BCUT2D eigenvalue weighted by Crippen LogP contribution is 2.13. The lowest BCUT2D eigenvalue weighted by molar-refractivity contribution is -0.131. The van der Waals surface area contributed by atoms with E-state index in [9.17, 15) is 9.59 Å². The number of benzene rings is 1. The summed E-state index contributed by atoms with van der Waals surface area (Å²) in [4.78, 5) is 26.6. The highest BCUT2D eigenvalue weighted by atomic mass is 16.5. The molecule has 1 heterocycles. The molecular formula is C16H15N3O3. The first kappa shape index (κ1) is 15.4. The van der Waals surface area contributed by atoms with Gasteiger partial charge in [-0.1, -0.05) is 0 Å². The zero-order chi connectivity index (χ0) is 15.9. The van der Waals surface area contributed by atoms with Gasteiger partial charge in [-0.2, -0.15) is 5.10 Å². The van der Waals surface area contributed by atoms with E-state index in [4.69, 9.17) is 4.74 Å². The number of amides is 1. The zero-order valence-electron chi connectivity index (χ0n) is 12.2. The van der Waals surface area contributed by atoms with Crippen molar-refractivity contribution >= 4 is 17.6 Å². The largest absolute Gasteiger partial charge is 0.427 e. The van der Waals surface area contributed by atoms with Crippen molar-refractivity contribution in [2.45, 2.75) is 13.8 Å². The van der Waals surface area contributed by atoms with Crippen LogP contribution in [0.15, 0.2) is 53.9 Å². The van der Waals surface area contributed by atoms with E-state index in [1.165, 1.54) is 13.1 Å². The van der Waals surface area contributed by atoms with Crippen molar-refractivity contribution in [1.82, 2.24) is 10.4 Å². The van der Waals surface area contributed by atoms with E-state index in [-0.39, 0.29) is 11.9 Å². The second kappa shape index (κ2) is 7.12. The Morgan fingerprint density at radius 1 is 1.09 bits per heavy atom. The second-order valence-corrected chi connectivity index (χ2v) is 4.50. The average Bonchev–Trinajstić information content (AvgIpc) is 2.53. The van der Waals surface area contributed by atoms with Gasteiger partial charge in [0.2, 0.25) is 0 Å². The number of hydrogen-bond acceptors (Lipinski definition) is 5. The summed E-state index contributed by atoms with van der Waals surface area (Å²) in [7, 11) is 0. The number of nitrogens with one attached hydrogen (secondary N) is 1. The molecule has 1 N–H and O–H groups in total. The van der Waals surface area contributed by atoms with E-state index in [0.717, 1.165) is 5.56 Å². The molecule has 0 saturated carbocycles. The smallest absolute Gasteiger partial charge is 0.308 e. The normalized spacial score (nSPS) is 10.9. The third-order valence-electron chi connectivity index (χ3n) is 2.78. The van der Waals surface area contributed by atoms with Gasteiger partial charge in [0.05, 0.1) is 11.3 Å². The Kier molecular flexibility index (Phi) is 4.98. The third kappa shape index (κ3) is 4.24. The van der Waals surface area contributed by atoms with Crippen molar-refractivity contribution in [2.24, 2.45) is 5.10 Å². The van der Waals surface area contributed by atoms with Crippen LogP contribution < -0.4 is 10.2 Å². The molecule has 0 aliphatic carbocycles. The standard InChI is InChI=1S/C16H15N3O3/c1-11(13-5-7-15(8-6-13)22-12(2)20)18-19-16(21)14-4-3-9-17-10-14/h3-10H,1-2H3,(H,19,21). The van der Waals surface area contributed by atoms with Gasteiger partial charge < -0.3 is 4.74 Å². The topological polar surface area (TPSA) is 80.6 Å². The van der Waals surface area contributed by atoms with E-state index in [0.29, 0.717) is 17.0 Å². The Balaban J connectivity index is 2.03. The van der Waals surface area contributed by atoms with Gasteiger partial charge >= 0.3 is 5.97 Å². The van der Waals surface area contributed by atoms with Gasteiger partial charge in [0.15, 0.2) is 0 Å². The van der Waals surface area contributed by atoms with Crippen LogP contribution in [0, 0.1) is 0 Å². The van der Waals surface area contributed by atoms with Gasteiger partial charge in [-0.25, -0.2) is 5.43 Å². The molecular weight excluding hydrogens is 282 g/mol. The first-order valence-corrected chi connectivity index (χ1v) is 6.60. The Bertz CT molecular complexity index is 694. The van der Waals surface area contributed by atoms with E-state index < -0.39 is 0 Å². The summed E-state index contributed by atoms with van der Waals surface area (Å²) < 4.78 is 4.95. The molecule has 0 atom stereocenters. The van der Waals surface area contributed by atoms with Gasteiger partial charge in [-0.15, -0.1) is 0 Å². The molecule has 0 saturated heterocycles. The minimum Gasteiger partial charge on any atom is -0.427 e. The first-order chi connectivity index (χ1) is 10.6. The summed E-state index contributed by atoms with van der Waals surface area (Å²) in [6, 6.07) is 10.2. The minimum absolute atomic E-state index is 0.330. The van der Waals surface area contributed by atoms with Crippen molar-refractivity contribution in [3.63, 3.8) is 0 Å². The predicted molar refractivity (Wildman–Crippen MR) is 81.7 cm³/mol. The molecule has 6 nitrogen and oxygen atoms in total. The van der Waals surface area contributed by atoms with Crippen LogP contribution in [0.5, 0.6) is 5.75 Å². The van der Waals surface area contributed by atoms with E-state index >= 15 is 0 Å². The number of rotatable bonds is 4. The van der Waals surface area contributed by atoms with Crippen molar-refractivity contribution in [1.29, 1.82) is 0 Å². The van der Waals surface area contributed by atoms with Crippen LogP contribution in [0.4, 0.5) is 0 Å². The number of esters is 1. The van der Waals surface area contributed by atoms with Crippen LogP contribution in [-0.2, 0) is 4.79 Å². The second-order valence-electron chi connectivity index (χ2n) is 4.50. The van der Waals surface area contributed by atoms with Gasteiger partial charge in [0.1, 0.15) is 5.75 Å². The molecule has 2 rings (SSSR count). The molecule has 1 aromatic heterocycles. The maximum Gasteiger partial charge on any atom is 0.308 e. The Morgan fingerprint density at radius 2 is 1.82 bits per heavy atom. The molecule has 112 valence electrons. The molecule has 1 aromatic carbocycles. The number of hydrazone groups is 1. The lowest BCUT2D eigenvalue weighted by atomic mass is 10.1. The summed E-state index contributed by atoms with van der Waals surface area (Å²) in [5.41, 5.74) is 4.34. The minimum atomic E-state index is -0.373. The molecule has 0 radical (unpaired) electrons. The van der Waals surface area contributed by atoms with Crippen molar-refractivity contribution in [3.05, 3.63) is 59.9 Å². The van der Waals surface area contributed by atoms with Gasteiger partial charge in [-0.05, 0) is 48.9 Å². The molecule has 0 spiro atoms. The number of nitrogens with zero attached hydrogens (tertiary/aromatic N) is 2. The van der Waals surface area contributed by atoms with Crippen LogP contribution in [0.1, 0.15) is 29.8 Å². The van der Waals surface area contributed by atoms with E-state index in [1.54, 1.807) is 49.5 Å². The number of ether oxygens (including phenoxy) is 1. The molecule has 22 heavy (non-hydrogen) atoms. The van der Waals surface area contributed by atoms with Crippen LogP contribution >= 0.6 is 0 Å². The fraction of sp³-hybridized carbons (Fsp3) is 0.125. The van der Waals surface area contributed by atoms with Crippen LogP contribution in [0.2, 0.25) is 0 Å². The highest BCUT2D eigenvalue weighted by Gasteiger charge is 2.05. The lowest BCUT2D eigenvalue weighted by Gasteiger charge is -2.04. The van der Waals surface area contributed by atoms with Gasteiger partial charge in [0, 0.05) is 19.3 Å². The number of aromatic nitrogens is 1. The van der Waals surface area contributed by atoms with Crippen LogP contribution in [0.25, 0.3) is 0 Å². The number of hydrogen-bond donors (Lipinski definition) is 1. The maximum absolute atomic E-state index is 11.8. The summed E-state index contributed by atoms with van der Waals surface area (Å²) >= 11 is 0. The quantitative estimate of drug-likeness (QED) is 0.406. The zero-order valence-corrected chi connectivity index (χ0v) is 12.2. The van der Waals surface area contributed by atoms with Crippen molar-refractivity contribution in [2.75, 3.05) is 0 Å². The number of pyridine rings is 1. The lowest BCUT2D eigenvalue weighted by Crippen LogP contribution is -2.19. The number of carbonyl (C=O) groups is 2. The highest BCUT2D eigenvalue weighted by molar-refractivity contribution is 6.00. The van der Waals surface area contributed by atoms with Crippen molar-refractivity contribution in [3.8, 4) is 5.75 Å². The summed E-state index contributed by atoms with van der Waals surface area (Å²) in [6.07, 6.45) is 3.06. The summed E-state index contributed by atoms with van der Waals surface area (Å²) in [6.45, 7) is 3.11. The van der Waals surface area contributed by atoms with Crippen LogP contribution in [0.3, 0.4) is 0 Å². The molecule has 1 amide bonds. The SMILES string of the molecule is CC(=O)Oc1ccc(C(C)=NNC(=O)c2cccnc2)cc1. The molecule has 0 aliphatic heterocycles. The Morgan fingerprint density at radius 3 is 2.41 bits per heavy atom. The molecule has 0 unspecified atom stereocenters. The molecule has 0 aliphatic rings. The Labute approximate surface area is 127 Å². The summed E-state index contributed by atoms with van der Waals surface area (Å²) in [5, 5.41) is 4.04.